The Bertz CT molecular complexity index is 368. The molecule has 0 radical (unpaired) electrons. The summed E-state index contributed by atoms with van der Waals surface area (Å²) in [5, 5.41) is 10.8. The molecule has 2 rings (SSSR count). The average molecular weight is 246 g/mol. The van der Waals surface area contributed by atoms with Crippen molar-refractivity contribution in [2.24, 2.45) is 17.8 Å². The molecule has 1 fully saturated rings. The van der Waals surface area contributed by atoms with Gasteiger partial charge < -0.3 is 5.11 Å². The fourth-order valence-corrected chi connectivity index (χ4v) is 3.27. The molecule has 1 heteroatoms. The summed E-state index contributed by atoms with van der Waals surface area (Å²) < 4.78 is 0. The minimum Gasteiger partial charge on any atom is -0.390 e. The second kappa shape index (κ2) is 5.44. The van der Waals surface area contributed by atoms with Gasteiger partial charge in [0.2, 0.25) is 0 Å². The summed E-state index contributed by atoms with van der Waals surface area (Å²) >= 11 is 0. The summed E-state index contributed by atoms with van der Waals surface area (Å²) in [6.07, 6.45) is 4.38. The molecule has 0 amide bonds. The fraction of sp³-hybridized carbons (Fsp3) is 0.647. The molecule has 1 saturated carbocycles. The topological polar surface area (TPSA) is 20.2 Å². The Balaban J connectivity index is 2.02. The van der Waals surface area contributed by atoms with Crippen molar-refractivity contribution < 1.29 is 5.11 Å². The molecule has 1 nitrogen and oxygen atoms in total. The number of aliphatic hydroxyl groups is 1. The fourth-order valence-electron chi connectivity index (χ4n) is 3.27. The van der Waals surface area contributed by atoms with Gasteiger partial charge in [0.15, 0.2) is 0 Å². The van der Waals surface area contributed by atoms with Crippen LogP contribution in [0, 0.1) is 17.8 Å². The smallest absolute Gasteiger partial charge is 0.0688 e. The highest BCUT2D eigenvalue weighted by Crippen LogP contribution is 2.39. The molecule has 1 aromatic carbocycles. The first kappa shape index (κ1) is 13.6. The lowest BCUT2D eigenvalue weighted by Gasteiger charge is -2.40. The monoisotopic (exact) mass is 246 g/mol. The van der Waals surface area contributed by atoms with E-state index in [0.717, 1.165) is 18.3 Å². The van der Waals surface area contributed by atoms with Crippen LogP contribution in [0.4, 0.5) is 0 Å². The highest BCUT2D eigenvalue weighted by atomic mass is 16.3. The molecule has 0 heterocycles. The van der Waals surface area contributed by atoms with E-state index in [1.165, 1.54) is 24.8 Å². The normalized spacial score (nSPS) is 31.9. The Morgan fingerprint density at radius 2 is 1.78 bits per heavy atom. The van der Waals surface area contributed by atoms with E-state index in [9.17, 15) is 5.11 Å². The van der Waals surface area contributed by atoms with E-state index >= 15 is 0 Å². The predicted molar refractivity (Wildman–Crippen MR) is 76.4 cm³/mol. The molecule has 0 aliphatic heterocycles. The van der Waals surface area contributed by atoms with E-state index in [1.807, 2.05) is 13.0 Å². The zero-order valence-corrected chi connectivity index (χ0v) is 11.9. The van der Waals surface area contributed by atoms with Crippen LogP contribution in [0.3, 0.4) is 0 Å². The minimum atomic E-state index is -0.560. The van der Waals surface area contributed by atoms with E-state index in [1.54, 1.807) is 0 Å². The van der Waals surface area contributed by atoms with Gasteiger partial charge in [0.25, 0.3) is 0 Å². The van der Waals surface area contributed by atoms with Crippen molar-refractivity contribution in [2.75, 3.05) is 0 Å². The van der Waals surface area contributed by atoms with Crippen LogP contribution in [0.25, 0.3) is 0 Å². The molecule has 1 N–H and O–H groups in total. The van der Waals surface area contributed by atoms with E-state index < -0.39 is 5.60 Å². The molecule has 1 aliphatic rings. The largest absolute Gasteiger partial charge is 0.390 e. The molecule has 0 saturated heterocycles. The molecule has 0 bridgehead atoms. The predicted octanol–water partition coefficient (Wildman–Crippen LogP) is 4.05. The van der Waals surface area contributed by atoms with Crippen molar-refractivity contribution in [1.29, 1.82) is 0 Å². The van der Waals surface area contributed by atoms with E-state index in [-0.39, 0.29) is 0 Å². The summed E-state index contributed by atoms with van der Waals surface area (Å²) in [7, 11) is 0. The van der Waals surface area contributed by atoms with Gasteiger partial charge in [-0.05, 0) is 43.1 Å². The average Bonchev–Trinajstić information content (AvgIpc) is 2.33. The Labute approximate surface area is 111 Å². The molecular formula is C17H26O. The van der Waals surface area contributed by atoms with Crippen molar-refractivity contribution >= 4 is 0 Å². The summed E-state index contributed by atoms with van der Waals surface area (Å²) in [5.41, 5.74) is 0.684. The Morgan fingerprint density at radius 3 is 2.39 bits per heavy atom. The molecule has 0 spiro atoms. The van der Waals surface area contributed by atoms with Gasteiger partial charge in [0.05, 0.1) is 5.60 Å². The first-order chi connectivity index (χ1) is 8.49. The lowest BCUT2D eigenvalue weighted by atomic mass is 9.68. The van der Waals surface area contributed by atoms with Crippen molar-refractivity contribution in [3.63, 3.8) is 0 Å². The zero-order chi connectivity index (χ0) is 13.2. The quantitative estimate of drug-likeness (QED) is 0.853. The second-order valence-corrected chi connectivity index (χ2v) is 6.48. The van der Waals surface area contributed by atoms with Gasteiger partial charge in [-0.15, -0.1) is 0 Å². The van der Waals surface area contributed by atoms with E-state index in [0.29, 0.717) is 5.92 Å². The van der Waals surface area contributed by atoms with E-state index in [2.05, 4.69) is 38.1 Å². The highest BCUT2D eigenvalue weighted by Gasteiger charge is 2.36. The van der Waals surface area contributed by atoms with Crippen LogP contribution in [0.1, 0.15) is 45.6 Å². The van der Waals surface area contributed by atoms with Crippen molar-refractivity contribution in [3.05, 3.63) is 35.9 Å². The van der Waals surface area contributed by atoms with Gasteiger partial charge in [-0.2, -0.15) is 0 Å². The van der Waals surface area contributed by atoms with Gasteiger partial charge in [-0.1, -0.05) is 50.6 Å². The summed E-state index contributed by atoms with van der Waals surface area (Å²) in [6, 6.07) is 10.4. The van der Waals surface area contributed by atoms with Crippen LogP contribution in [-0.4, -0.2) is 10.7 Å². The maximum atomic E-state index is 10.8. The van der Waals surface area contributed by atoms with E-state index in [4.69, 9.17) is 0 Å². The molecule has 18 heavy (non-hydrogen) atoms. The van der Waals surface area contributed by atoms with Crippen LogP contribution in [-0.2, 0) is 6.42 Å². The summed E-state index contributed by atoms with van der Waals surface area (Å²) in [5.74, 6) is 2.00. The van der Waals surface area contributed by atoms with Gasteiger partial charge in [0, 0.05) is 6.42 Å². The maximum Gasteiger partial charge on any atom is 0.0688 e. The molecule has 1 aliphatic carbocycles. The standard InChI is InChI=1S/C17H26O/c1-13-9-10-16(11-14(13)2)17(3,18)12-15-7-5-4-6-8-15/h4-8,13-14,16,18H,9-12H2,1-3H3. The van der Waals surface area contributed by atoms with Crippen LogP contribution < -0.4 is 0 Å². The van der Waals surface area contributed by atoms with Gasteiger partial charge in [-0.25, -0.2) is 0 Å². The number of rotatable bonds is 3. The summed E-state index contributed by atoms with van der Waals surface area (Å²) in [4.78, 5) is 0. The SMILES string of the molecule is CC1CCC(C(C)(O)Cc2ccccc2)CC1C. The van der Waals surface area contributed by atoms with Crippen LogP contribution in [0.5, 0.6) is 0 Å². The number of benzene rings is 1. The van der Waals surface area contributed by atoms with Gasteiger partial charge >= 0.3 is 0 Å². The molecular weight excluding hydrogens is 220 g/mol. The second-order valence-electron chi connectivity index (χ2n) is 6.48. The van der Waals surface area contributed by atoms with Crippen molar-refractivity contribution in [2.45, 2.75) is 52.1 Å². The summed E-state index contributed by atoms with van der Waals surface area (Å²) in [6.45, 7) is 6.69. The third kappa shape index (κ3) is 3.14. The van der Waals surface area contributed by atoms with Crippen molar-refractivity contribution in [3.8, 4) is 0 Å². The lowest BCUT2D eigenvalue weighted by Crippen LogP contribution is -2.40. The Kier molecular flexibility index (Phi) is 4.11. The Hall–Kier alpha value is -0.820. The minimum absolute atomic E-state index is 0.448. The molecule has 0 aromatic heterocycles. The van der Waals surface area contributed by atoms with Crippen LogP contribution in [0.15, 0.2) is 30.3 Å². The van der Waals surface area contributed by atoms with Crippen molar-refractivity contribution in [1.82, 2.24) is 0 Å². The first-order valence-corrected chi connectivity index (χ1v) is 7.25. The molecule has 100 valence electrons. The zero-order valence-electron chi connectivity index (χ0n) is 11.9. The number of hydrogen-bond donors (Lipinski definition) is 1. The third-order valence-electron chi connectivity index (χ3n) is 4.88. The first-order valence-electron chi connectivity index (χ1n) is 7.25. The van der Waals surface area contributed by atoms with Crippen LogP contribution in [0.2, 0.25) is 0 Å². The van der Waals surface area contributed by atoms with Crippen LogP contribution >= 0.6 is 0 Å². The molecule has 1 aromatic rings. The highest BCUT2D eigenvalue weighted by molar-refractivity contribution is 5.17. The lowest BCUT2D eigenvalue weighted by molar-refractivity contribution is -0.0315. The molecule has 4 unspecified atom stereocenters. The number of hydrogen-bond acceptors (Lipinski definition) is 1. The third-order valence-corrected chi connectivity index (χ3v) is 4.88. The van der Waals surface area contributed by atoms with Gasteiger partial charge in [-0.3, -0.25) is 0 Å². The Morgan fingerprint density at radius 1 is 1.11 bits per heavy atom. The maximum absolute atomic E-state index is 10.8. The van der Waals surface area contributed by atoms with Gasteiger partial charge in [0.1, 0.15) is 0 Å². The molecule has 4 atom stereocenters.